The monoisotopic (exact) mass is 292 g/mol. The Kier molecular flexibility index (Phi) is 4.16. The summed E-state index contributed by atoms with van der Waals surface area (Å²) in [7, 11) is 0. The fourth-order valence-corrected chi connectivity index (χ4v) is 3.73. The van der Waals surface area contributed by atoms with E-state index in [4.69, 9.17) is 11.6 Å². The summed E-state index contributed by atoms with van der Waals surface area (Å²) in [4.78, 5) is 14.5. The Morgan fingerprint density at radius 2 is 1.80 bits per heavy atom. The molecule has 2 amide bonds. The van der Waals surface area contributed by atoms with Crippen LogP contribution >= 0.6 is 11.6 Å². The number of piperidine rings is 1. The summed E-state index contributed by atoms with van der Waals surface area (Å²) in [5, 5.41) is 3.69. The maximum Gasteiger partial charge on any atom is 0.322 e. The first-order chi connectivity index (χ1) is 9.74. The summed E-state index contributed by atoms with van der Waals surface area (Å²) >= 11 is 5.86. The molecule has 1 aromatic carbocycles. The minimum atomic E-state index is 0.0453. The van der Waals surface area contributed by atoms with E-state index in [1.165, 1.54) is 32.1 Å². The van der Waals surface area contributed by atoms with Crippen LogP contribution in [-0.4, -0.2) is 23.5 Å². The number of hydrogen-bond acceptors (Lipinski definition) is 1. The number of amides is 2. The van der Waals surface area contributed by atoms with E-state index in [1.807, 2.05) is 12.1 Å². The van der Waals surface area contributed by atoms with Gasteiger partial charge in [0.05, 0.1) is 0 Å². The van der Waals surface area contributed by atoms with Crippen LogP contribution in [0.5, 0.6) is 0 Å². The molecule has 2 aliphatic rings. The Bertz CT molecular complexity index is 472. The molecule has 1 heterocycles. The molecule has 1 N–H and O–H groups in total. The Hall–Kier alpha value is -1.22. The molecular formula is C16H21ClN2O. The number of fused-ring (bicyclic) bond motifs is 1. The highest BCUT2D eigenvalue weighted by atomic mass is 35.5. The summed E-state index contributed by atoms with van der Waals surface area (Å²) in [6, 6.07) is 7.80. The second-order valence-corrected chi connectivity index (χ2v) is 6.32. The summed E-state index contributed by atoms with van der Waals surface area (Å²) in [5.41, 5.74) is 0.817. The van der Waals surface area contributed by atoms with Gasteiger partial charge in [0.15, 0.2) is 0 Å². The van der Waals surface area contributed by atoms with Gasteiger partial charge in [-0.3, -0.25) is 0 Å². The Labute approximate surface area is 125 Å². The second kappa shape index (κ2) is 6.04. The minimum absolute atomic E-state index is 0.0453. The summed E-state index contributed by atoms with van der Waals surface area (Å²) < 4.78 is 0. The van der Waals surface area contributed by atoms with Gasteiger partial charge in [0.2, 0.25) is 0 Å². The molecule has 4 heteroatoms. The average Bonchev–Trinajstić information content (AvgIpc) is 2.49. The van der Waals surface area contributed by atoms with Crippen molar-refractivity contribution in [3.63, 3.8) is 0 Å². The van der Waals surface area contributed by atoms with E-state index in [9.17, 15) is 4.79 Å². The van der Waals surface area contributed by atoms with E-state index in [0.29, 0.717) is 17.0 Å². The number of nitrogens with one attached hydrogen (secondary N) is 1. The molecule has 0 bridgehead atoms. The number of benzene rings is 1. The predicted molar refractivity (Wildman–Crippen MR) is 82.2 cm³/mol. The Balaban J connectivity index is 1.67. The Morgan fingerprint density at radius 1 is 1.10 bits per heavy atom. The van der Waals surface area contributed by atoms with Gasteiger partial charge in [-0.05, 0) is 55.9 Å². The summed E-state index contributed by atoms with van der Waals surface area (Å²) in [5.74, 6) is 0.716. The van der Waals surface area contributed by atoms with Crippen LogP contribution in [0.3, 0.4) is 0 Å². The lowest BCUT2D eigenvalue weighted by Gasteiger charge is -2.44. The topological polar surface area (TPSA) is 32.3 Å². The van der Waals surface area contributed by atoms with E-state index in [2.05, 4.69) is 10.2 Å². The van der Waals surface area contributed by atoms with Gasteiger partial charge in [-0.15, -0.1) is 0 Å². The van der Waals surface area contributed by atoms with Crippen molar-refractivity contribution < 1.29 is 4.79 Å². The zero-order chi connectivity index (χ0) is 13.9. The molecule has 20 heavy (non-hydrogen) atoms. The van der Waals surface area contributed by atoms with Gasteiger partial charge in [-0.1, -0.05) is 24.4 Å². The van der Waals surface area contributed by atoms with Crippen molar-refractivity contribution in [3.05, 3.63) is 29.3 Å². The van der Waals surface area contributed by atoms with Crippen LogP contribution in [0.25, 0.3) is 0 Å². The van der Waals surface area contributed by atoms with Crippen molar-refractivity contribution in [1.29, 1.82) is 0 Å². The van der Waals surface area contributed by atoms with E-state index >= 15 is 0 Å². The normalized spacial score (nSPS) is 25.9. The van der Waals surface area contributed by atoms with Gasteiger partial charge >= 0.3 is 6.03 Å². The number of hydrogen-bond donors (Lipinski definition) is 1. The molecule has 0 radical (unpaired) electrons. The van der Waals surface area contributed by atoms with Gasteiger partial charge in [-0.2, -0.15) is 0 Å². The van der Waals surface area contributed by atoms with Crippen molar-refractivity contribution in [2.45, 2.75) is 44.6 Å². The molecule has 1 saturated heterocycles. The van der Waals surface area contributed by atoms with E-state index in [1.54, 1.807) is 12.1 Å². The highest BCUT2D eigenvalue weighted by molar-refractivity contribution is 6.30. The molecule has 3 nitrogen and oxygen atoms in total. The van der Waals surface area contributed by atoms with E-state index in [0.717, 1.165) is 18.7 Å². The number of nitrogens with zero attached hydrogens (tertiary/aromatic N) is 1. The maximum atomic E-state index is 12.5. The van der Waals surface area contributed by atoms with Crippen molar-refractivity contribution in [2.75, 3.05) is 11.9 Å². The van der Waals surface area contributed by atoms with Crippen LogP contribution in [0.15, 0.2) is 24.3 Å². The maximum absolute atomic E-state index is 12.5. The minimum Gasteiger partial charge on any atom is -0.321 e. The van der Waals surface area contributed by atoms with Crippen LogP contribution in [0.2, 0.25) is 5.02 Å². The fraction of sp³-hybridized carbons (Fsp3) is 0.562. The van der Waals surface area contributed by atoms with Crippen LogP contribution in [-0.2, 0) is 0 Å². The number of anilines is 1. The molecule has 108 valence electrons. The molecule has 3 rings (SSSR count). The molecule has 2 atom stereocenters. The number of urea groups is 1. The summed E-state index contributed by atoms with van der Waals surface area (Å²) in [6.45, 7) is 0.889. The molecule has 1 aliphatic carbocycles. The second-order valence-electron chi connectivity index (χ2n) is 5.88. The van der Waals surface area contributed by atoms with Crippen LogP contribution in [0.4, 0.5) is 10.5 Å². The first-order valence-corrected chi connectivity index (χ1v) is 7.95. The van der Waals surface area contributed by atoms with Crippen molar-refractivity contribution in [3.8, 4) is 0 Å². The van der Waals surface area contributed by atoms with Crippen molar-refractivity contribution in [2.24, 2.45) is 5.92 Å². The van der Waals surface area contributed by atoms with Crippen LogP contribution in [0.1, 0.15) is 38.5 Å². The quantitative estimate of drug-likeness (QED) is 0.810. The molecule has 0 unspecified atom stereocenters. The van der Waals surface area contributed by atoms with E-state index < -0.39 is 0 Å². The van der Waals surface area contributed by atoms with Crippen LogP contribution in [0, 0.1) is 5.92 Å². The van der Waals surface area contributed by atoms with Gasteiger partial charge in [-0.25, -0.2) is 4.79 Å². The molecule has 1 saturated carbocycles. The molecule has 1 aromatic rings. The number of rotatable bonds is 1. The van der Waals surface area contributed by atoms with Gasteiger partial charge in [0, 0.05) is 23.3 Å². The third-order valence-electron chi connectivity index (χ3n) is 4.60. The lowest BCUT2D eigenvalue weighted by atomic mass is 9.78. The molecule has 1 aliphatic heterocycles. The smallest absolute Gasteiger partial charge is 0.321 e. The standard InChI is InChI=1S/C16H21ClN2O/c17-13-7-9-14(10-8-13)18-16(20)19-11-3-5-12-4-1-2-6-15(12)19/h7-10,12,15H,1-6,11H2,(H,18,20)/t12-,15+/m0/s1. The number of likely N-dealkylation sites (tertiary alicyclic amines) is 1. The van der Waals surface area contributed by atoms with E-state index in [-0.39, 0.29) is 6.03 Å². The predicted octanol–water partition coefficient (Wildman–Crippen LogP) is 4.53. The fourth-order valence-electron chi connectivity index (χ4n) is 3.61. The first-order valence-electron chi connectivity index (χ1n) is 7.57. The molecule has 0 aromatic heterocycles. The third-order valence-corrected chi connectivity index (χ3v) is 4.85. The lowest BCUT2D eigenvalue weighted by Crippen LogP contribution is -2.51. The number of carbonyl (C=O) groups excluding carboxylic acids is 1. The molecular weight excluding hydrogens is 272 g/mol. The molecule has 0 spiro atoms. The van der Waals surface area contributed by atoms with Crippen molar-refractivity contribution >= 4 is 23.3 Å². The van der Waals surface area contributed by atoms with Gasteiger partial charge in [0.1, 0.15) is 0 Å². The molecule has 2 fully saturated rings. The van der Waals surface area contributed by atoms with Crippen LogP contribution < -0.4 is 5.32 Å². The zero-order valence-corrected chi connectivity index (χ0v) is 12.4. The SMILES string of the molecule is O=C(Nc1ccc(Cl)cc1)N1CCC[C@@H]2CCCC[C@H]21. The van der Waals surface area contributed by atoms with Gasteiger partial charge < -0.3 is 10.2 Å². The largest absolute Gasteiger partial charge is 0.322 e. The third kappa shape index (κ3) is 2.93. The highest BCUT2D eigenvalue weighted by Gasteiger charge is 2.35. The van der Waals surface area contributed by atoms with Gasteiger partial charge in [0.25, 0.3) is 0 Å². The Morgan fingerprint density at radius 3 is 2.60 bits per heavy atom. The highest BCUT2D eigenvalue weighted by Crippen LogP contribution is 2.35. The van der Waals surface area contributed by atoms with Crippen molar-refractivity contribution in [1.82, 2.24) is 4.90 Å². The lowest BCUT2D eigenvalue weighted by molar-refractivity contribution is 0.0909. The number of carbonyl (C=O) groups is 1. The first kappa shape index (κ1) is 13.7. The zero-order valence-electron chi connectivity index (χ0n) is 11.6. The average molecular weight is 293 g/mol. The number of halogens is 1. The summed E-state index contributed by atoms with van der Waals surface area (Å²) in [6.07, 6.45) is 7.46.